The van der Waals surface area contributed by atoms with Gasteiger partial charge in [-0.25, -0.2) is 0 Å². The van der Waals surface area contributed by atoms with Gasteiger partial charge in [0, 0.05) is 12.3 Å². The Labute approximate surface area is 145 Å². The molecule has 0 saturated heterocycles. The fourth-order valence-electron chi connectivity index (χ4n) is 3.04. The van der Waals surface area contributed by atoms with E-state index in [9.17, 15) is 14.7 Å². The Balaban J connectivity index is 2.37. The number of hydrogen-bond donors (Lipinski definition) is 1. The number of ketones is 1. The highest BCUT2D eigenvalue weighted by atomic mass is 35.5. The fourth-order valence-corrected chi connectivity index (χ4v) is 3.36. The minimum Gasteiger partial charge on any atom is -0.465 e. The number of carbonyl (C=O) groups excluding carboxylic acids is 2. The predicted molar refractivity (Wildman–Crippen MR) is 88.0 cm³/mol. The molecule has 0 heterocycles. The summed E-state index contributed by atoms with van der Waals surface area (Å²) < 4.78 is 4.93. The lowest BCUT2D eigenvalue weighted by Crippen LogP contribution is -2.45. The molecule has 124 valence electrons. The number of rotatable bonds is 4. The number of carbonyl (C=O) groups is 2. The molecule has 0 spiro atoms. The number of allylic oxidation sites excluding steroid dienone is 1. The first kappa shape index (κ1) is 18.0. The number of esters is 1. The Kier molecular flexibility index (Phi) is 5.84. The highest BCUT2D eigenvalue weighted by Gasteiger charge is 2.48. The number of hydrogen-bond acceptors (Lipinski definition) is 4. The van der Waals surface area contributed by atoms with Gasteiger partial charge in [-0.15, -0.1) is 0 Å². The number of ether oxygens (including phenoxy) is 1. The van der Waals surface area contributed by atoms with E-state index in [0.717, 1.165) is 0 Å². The molecule has 1 fully saturated rings. The number of halogens is 2. The zero-order valence-electron chi connectivity index (χ0n) is 12.7. The van der Waals surface area contributed by atoms with Crippen LogP contribution in [0, 0.1) is 11.8 Å². The average molecular weight is 357 g/mol. The van der Waals surface area contributed by atoms with Crippen molar-refractivity contribution in [2.24, 2.45) is 11.8 Å². The van der Waals surface area contributed by atoms with E-state index in [2.05, 4.69) is 0 Å². The average Bonchev–Trinajstić information content (AvgIpc) is 2.47. The summed E-state index contributed by atoms with van der Waals surface area (Å²) in [5.74, 6) is -2.60. The molecule has 2 rings (SSSR count). The quantitative estimate of drug-likeness (QED) is 0.663. The monoisotopic (exact) mass is 356 g/mol. The van der Waals surface area contributed by atoms with Crippen molar-refractivity contribution in [1.29, 1.82) is 0 Å². The minimum absolute atomic E-state index is 0.0468. The van der Waals surface area contributed by atoms with Gasteiger partial charge in [0.1, 0.15) is 10.4 Å². The van der Waals surface area contributed by atoms with Crippen molar-refractivity contribution in [3.63, 3.8) is 0 Å². The molecule has 0 bridgehead atoms. The van der Waals surface area contributed by atoms with Gasteiger partial charge in [-0.2, -0.15) is 0 Å². The minimum atomic E-state index is -1.36. The van der Waals surface area contributed by atoms with Gasteiger partial charge < -0.3 is 9.84 Å². The van der Waals surface area contributed by atoms with Crippen molar-refractivity contribution in [2.45, 2.75) is 25.4 Å². The van der Waals surface area contributed by atoms with Crippen LogP contribution in [0.25, 0.3) is 0 Å². The molecule has 3 atom stereocenters. The van der Waals surface area contributed by atoms with Crippen LogP contribution in [-0.2, 0) is 19.9 Å². The lowest BCUT2D eigenvalue weighted by atomic mass is 9.68. The van der Waals surface area contributed by atoms with Crippen molar-refractivity contribution in [1.82, 2.24) is 0 Å². The molecule has 1 N–H and O–H groups in total. The van der Waals surface area contributed by atoms with Gasteiger partial charge in [0.15, 0.2) is 5.78 Å². The van der Waals surface area contributed by atoms with E-state index < -0.39 is 23.4 Å². The first-order valence-corrected chi connectivity index (χ1v) is 8.13. The molecule has 0 radical (unpaired) electrons. The Bertz CT molecular complexity index is 610. The van der Waals surface area contributed by atoms with Crippen LogP contribution in [0.5, 0.6) is 0 Å². The van der Waals surface area contributed by atoms with Crippen LogP contribution in [-0.4, -0.2) is 23.5 Å². The summed E-state index contributed by atoms with van der Waals surface area (Å²) in [4.78, 5) is 24.6. The Hall–Kier alpha value is -1.36. The summed E-state index contributed by atoms with van der Waals surface area (Å²) in [6, 6.07) is 8.90. The first-order valence-electron chi connectivity index (χ1n) is 7.37. The Morgan fingerprint density at radius 1 is 1.39 bits per heavy atom. The van der Waals surface area contributed by atoms with Crippen LogP contribution < -0.4 is 0 Å². The molecule has 1 aromatic rings. The molecule has 23 heavy (non-hydrogen) atoms. The summed E-state index contributed by atoms with van der Waals surface area (Å²) >= 11 is 11.5. The maximum absolute atomic E-state index is 12.5. The Morgan fingerprint density at radius 2 is 2.04 bits per heavy atom. The summed E-state index contributed by atoms with van der Waals surface area (Å²) in [7, 11) is 0. The number of aliphatic hydroxyl groups is 1. The lowest BCUT2D eigenvalue weighted by Gasteiger charge is -2.38. The number of Topliss-reactive ketones (excluding diaryl/α,β-unsaturated/α-hetero) is 1. The van der Waals surface area contributed by atoms with Crippen LogP contribution in [0.2, 0.25) is 0 Å². The SMILES string of the molecule is CCOC(=O)[C@H]1C(=O)C[C@](O)(c2ccccc2)C[C@H]1C=C(Cl)Cl. The van der Waals surface area contributed by atoms with Gasteiger partial charge >= 0.3 is 5.97 Å². The standard InChI is InChI=1S/C17H18Cl2O4/c1-2-23-16(21)15-11(8-14(18)19)9-17(22,10-13(15)20)12-6-4-3-5-7-12/h3-8,11,15,22H,2,9-10H2,1H3/t11-,15-,17+/m1/s1. The molecule has 0 aromatic heterocycles. The summed E-state index contributed by atoms with van der Waals surface area (Å²) in [6.45, 7) is 1.85. The van der Waals surface area contributed by atoms with E-state index in [1.165, 1.54) is 6.08 Å². The second kappa shape index (κ2) is 7.47. The van der Waals surface area contributed by atoms with Crippen LogP contribution in [0.3, 0.4) is 0 Å². The van der Waals surface area contributed by atoms with Gasteiger partial charge in [0.25, 0.3) is 0 Å². The summed E-state index contributed by atoms with van der Waals surface area (Å²) in [6.07, 6.45) is 1.44. The molecule has 0 aliphatic heterocycles. The van der Waals surface area contributed by atoms with Crippen molar-refractivity contribution in [3.8, 4) is 0 Å². The molecular weight excluding hydrogens is 339 g/mol. The summed E-state index contributed by atoms with van der Waals surface area (Å²) in [5.41, 5.74) is -0.731. The van der Waals surface area contributed by atoms with Crippen LogP contribution in [0.15, 0.2) is 40.9 Å². The zero-order chi connectivity index (χ0) is 17.0. The first-order chi connectivity index (χ1) is 10.9. The highest BCUT2D eigenvalue weighted by Crippen LogP contribution is 2.42. The molecule has 0 unspecified atom stereocenters. The van der Waals surface area contributed by atoms with E-state index in [4.69, 9.17) is 27.9 Å². The van der Waals surface area contributed by atoms with Crippen LogP contribution in [0.1, 0.15) is 25.3 Å². The van der Waals surface area contributed by atoms with E-state index >= 15 is 0 Å². The van der Waals surface area contributed by atoms with Gasteiger partial charge in [0.05, 0.1) is 12.2 Å². The molecule has 0 amide bonds. The van der Waals surface area contributed by atoms with Crippen molar-refractivity contribution in [2.75, 3.05) is 6.61 Å². The predicted octanol–water partition coefficient (Wildman–Crippen LogP) is 3.35. The van der Waals surface area contributed by atoms with Gasteiger partial charge in [0.2, 0.25) is 0 Å². The number of benzene rings is 1. The van der Waals surface area contributed by atoms with E-state index in [0.29, 0.717) is 5.56 Å². The molecule has 1 aliphatic rings. The maximum atomic E-state index is 12.5. The topological polar surface area (TPSA) is 63.6 Å². The third-order valence-corrected chi connectivity index (χ3v) is 4.26. The maximum Gasteiger partial charge on any atom is 0.317 e. The lowest BCUT2D eigenvalue weighted by molar-refractivity contribution is -0.159. The normalized spacial score (nSPS) is 27.4. The zero-order valence-corrected chi connectivity index (χ0v) is 14.2. The molecule has 6 heteroatoms. The molecule has 1 aliphatic carbocycles. The van der Waals surface area contributed by atoms with E-state index in [-0.39, 0.29) is 29.7 Å². The second-order valence-electron chi connectivity index (χ2n) is 5.59. The van der Waals surface area contributed by atoms with Gasteiger partial charge in [-0.05, 0) is 25.0 Å². The van der Waals surface area contributed by atoms with E-state index in [1.807, 2.05) is 6.07 Å². The molecular formula is C17H18Cl2O4. The van der Waals surface area contributed by atoms with Crippen LogP contribution in [0.4, 0.5) is 0 Å². The second-order valence-corrected chi connectivity index (χ2v) is 6.60. The third kappa shape index (κ3) is 4.14. The highest BCUT2D eigenvalue weighted by molar-refractivity contribution is 6.55. The van der Waals surface area contributed by atoms with Crippen molar-refractivity contribution >= 4 is 35.0 Å². The van der Waals surface area contributed by atoms with Crippen LogP contribution >= 0.6 is 23.2 Å². The molecule has 1 aromatic carbocycles. The van der Waals surface area contributed by atoms with E-state index in [1.54, 1.807) is 31.2 Å². The van der Waals surface area contributed by atoms with Crippen molar-refractivity contribution in [3.05, 3.63) is 46.5 Å². The fraction of sp³-hybridized carbons (Fsp3) is 0.412. The smallest absolute Gasteiger partial charge is 0.317 e. The molecule has 4 nitrogen and oxygen atoms in total. The largest absolute Gasteiger partial charge is 0.465 e. The molecule has 1 saturated carbocycles. The van der Waals surface area contributed by atoms with Gasteiger partial charge in [-0.3, -0.25) is 9.59 Å². The van der Waals surface area contributed by atoms with Crippen molar-refractivity contribution < 1.29 is 19.4 Å². The van der Waals surface area contributed by atoms with Gasteiger partial charge in [-0.1, -0.05) is 53.5 Å². The third-order valence-electron chi connectivity index (χ3n) is 4.01. The Morgan fingerprint density at radius 3 is 2.61 bits per heavy atom. The summed E-state index contributed by atoms with van der Waals surface area (Å²) in [5, 5.41) is 10.9.